The SMILES string of the molecule is COc1ccc([C@H]2NC(=O)NC(C)=C2C(=O)Nc2cc(Cl)ccc2C)cc1OC. The van der Waals surface area contributed by atoms with Crippen molar-refractivity contribution < 1.29 is 19.1 Å². The molecule has 1 heterocycles. The summed E-state index contributed by atoms with van der Waals surface area (Å²) in [5, 5.41) is 8.87. The summed E-state index contributed by atoms with van der Waals surface area (Å²) < 4.78 is 10.6. The number of hydrogen-bond acceptors (Lipinski definition) is 4. The minimum absolute atomic E-state index is 0.347. The lowest BCUT2D eigenvalue weighted by Crippen LogP contribution is -2.46. The van der Waals surface area contributed by atoms with E-state index < -0.39 is 12.1 Å². The van der Waals surface area contributed by atoms with Crippen LogP contribution in [0, 0.1) is 6.92 Å². The van der Waals surface area contributed by atoms with Crippen LogP contribution in [0.5, 0.6) is 11.5 Å². The van der Waals surface area contributed by atoms with Gasteiger partial charge < -0.3 is 25.4 Å². The highest BCUT2D eigenvalue weighted by Crippen LogP contribution is 2.34. The molecule has 3 amide bonds. The van der Waals surface area contributed by atoms with Gasteiger partial charge in [0.15, 0.2) is 11.5 Å². The Morgan fingerprint density at radius 1 is 1.07 bits per heavy atom. The van der Waals surface area contributed by atoms with Crippen LogP contribution in [0.25, 0.3) is 0 Å². The molecule has 0 saturated heterocycles. The number of carbonyl (C=O) groups is 2. The van der Waals surface area contributed by atoms with Gasteiger partial charge in [0.1, 0.15) is 0 Å². The number of rotatable bonds is 5. The minimum atomic E-state index is -0.664. The van der Waals surface area contributed by atoms with Crippen molar-refractivity contribution in [3.8, 4) is 11.5 Å². The van der Waals surface area contributed by atoms with Crippen molar-refractivity contribution in [1.82, 2.24) is 10.6 Å². The number of hydrogen-bond donors (Lipinski definition) is 3. The average molecular weight is 416 g/mol. The molecule has 0 aliphatic carbocycles. The molecule has 2 aromatic rings. The molecule has 7 nitrogen and oxygen atoms in total. The number of amides is 3. The first-order valence-electron chi connectivity index (χ1n) is 8.91. The number of methoxy groups -OCH3 is 2. The van der Waals surface area contributed by atoms with Crippen LogP contribution >= 0.6 is 11.6 Å². The van der Waals surface area contributed by atoms with Gasteiger partial charge in [0.05, 0.1) is 25.8 Å². The lowest BCUT2D eigenvalue weighted by atomic mass is 9.94. The van der Waals surface area contributed by atoms with Crippen LogP contribution < -0.4 is 25.4 Å². The fraction of sp³-hybridized carbons (Fsp3) is 0.238. The predicted molar refractivity (Wildman–Crippen MR) is 111 cm³/mol. The van der Waals surface area contributed by atoms with Crippen LogP contribution in [0.15, 0.2) is 47.7 Å². The highest BCUT2D eigenvalue weighted by molar-refractivity contribution is 6.31. The molecule has 8 heteroatoms. The van der Waals surface area contributed by atoms with E-state index >= 15 is 0 Å². The molecule has 3 N–H and O–H groups in total. The first-order valence-corrected chi connectivity index (χ1v) is 9.29. The maximum absolute atomic E-state index is 13.2. The van der Waals surface area contributed by atoms with E-state index in [1.165, 1.54) is 7.11 Å². The molecule has 1 aliphatic heterocycles. The predicted octanol–water partition coefficient (Wildman–Crippen LogP) is 3.93. The molecular weight excluding hydrogens is 394 g/mol. The van der Waals surface area contributed by atoms with E-state index in [-0.39, 0.29) is 5.91 Å². The number of allylic oxidation sites excluding steroid dienone is 1. The molecule has 1 atom stereocenters. The molecule has 0 radical (unpaired) electrons. The zero-order valence-corrected chi connectivity index (χ0v) is 17.3. The summed E-state index contributed by atoms with van der Waals surface area (Å²) in [6, 6.07) is 9.46. The second-order valence-corrected chi connectivity index (χ2v) is 7.03. The molecule has 0 spiro atoms. The van der Waals surface area contributed by atoms with E-state index in [4.69, 9.17) is 21.1 Å². The van der Waals surface area contributed by atoms with Gasteiger partial charge in [-0.05, 0) is 49.2 Å². The summed E-state index contributed by atoms with van der Waals surface area (Å²) in [5.74, 6) is 0.707. The normalized spacial score (nSPS) is 16.0. The highest BCUT2D eigenvalue weighted by Gasteiger charge is 2.32. The van der Waals surface area contributed by atoms with Crippen molar-refractivity contribution in [3.05, 3.63) is 63.8 Å². The number of urea groups is 1. The van der Waals surface area contributed by atoms with E-state index in [9.17, 15) is 9.59 Å². The Hall–Kier alpha value is -3.19. The van der Waals surface area contributed by atoms with Gasteiger partial charge in [-0.1, -0.05) is 23.7 Å². The number of halogens is 1. The summed E-state index contributed by atoms with van der Waals surface area (Å²) in [5.41, 5.74) is 3.01. The topological polar surface area (TPSA) is 88.7 Å². The third-order valence-electron chi connectivity index (χ3n) is 4.70. The van der Waals surface area contributed by atoms with Gasteiger partial charge in [-0.25, -0.2) is 4.79 Å². The lowest BCUT2D eigenvalue weighted by molar-refractivity contribution is -0.113. The van der Waals surface area contributed by atoms with Gasteiger partial charge in [0.2, 0.25) is 0 Å². The van der Waals surface area contributed by atoms with Crippen LogP contribution in [0.3, 0.4) is 0 Å². The van der Waals surface area contributed by atoms with Crippen molar-refractivity contribution in [3.63, 3.8) is 0 Å². The Morgan fingerprint density at radius 2 is 1.79 bits per heavy atom. The Labute approximate surface area is 174 Å². The number of anilines is 1. The standard InChI is InChI=1S/C21H22ClN3O4/c1-11-5-7-14(22)10-15(11)24-20(26)18-12(2)23-21(27)25-19(18)13-6-8-16(28-3)17(9-13)29-4/h5-10,19H,1-4H3,(H,24,26)(H2,23,25,27)/t19-/m1/s1. The minimum Gasteiger partial charge on any atom is -0.493 e. The molecule has 0 saturated carbocycles. The highest BCUT2D eigenvalue weighted by atomic mass is 35.5. The molecule has 0 fully saturated rings. The zero-order valence-electron chi connectivity index (χ0n) is 16.6. The molecule has 1 aliphatic rings. The fourth-order valence-electron chi connectivity index (χ4n) is 3.20. The third-order valence-corrected chi connectivity index (χ3v) is 4.94. The second-order valence-electron chi connectivity index (χ2n) is 6.60. The van der Waals surface area contributed by atoms with Crippen LogP contribution in [0.4, 0.5) is 10.5 Å². The van der Waals surface area contributed by atoms with E-state index in [2.05, 4.69) is 16.0 Å². The van der Waals surface area contributed by atoms with Crippen molar-refractivity contribution in [2.45, 2.75) is 19.9 Å². The van der Waals surface area contributed by atoms with E-state index in [1.807, 2.05) is 13.0 Å². The molecular formula is C21H22ClN3O4. The van der Waals surface area contributed by atoms with Gasteiger partial charge in [0.25, 0.3) is 5.91 Å². The molecule has 152 valence electrons. The van der Waals surface area contributed by atoms with Gasteiger partial charge >= 0.3 is 6.03 Å². The van der Waals surface area contributed by atoms with Crippen molar-refractivity contribution >= 4 is 29.2 Å². The summed E-state index contributed by atoms with van der Waals surface area (Å²) in [6.45, 7) is 3.56. The largest absolute Gasteiger partial charge is 0.493 e. The number of benzene rings is 2. The quantitative estimate of drug-likeness (QED) is 0.690. The fourth-order valence-corrected chi connectivity index (χ4v) is 3.37. The molecule has 0 bridgehead atoms. The van der Waals surface area contributed by atoms with Crippen LogP contribution in [-0.4, -0.2) is 26.2 Å². The summed E-state index contributed by atoms with van der Waals surface area (Å²) in [4.78, 5) is 25.2. The Bertz CT molecular complexity index is 1000. The van der Waals surface area contributed by atoms with Crippen LogP contribution in [0.1, 0.15) is 24.1 Å². The Morgan fingerprint density at radius 3 is 2.48 bits per heavy atom. The molecule has 3 rings (SSSR count). The van der Waals surface area contributed by atoms with E-state index in [1.54, 1.807) is 44.4 Å². The second kappa shape index (κ2) is 8.45. The van der Waals surface area contributed by atoms with Gasteiger partial charge in [0, 0.05) is 16.4 Å². The van der Waals surface area contributed by atoms with Crippen molar-refractivity contribution in [2.75, 3.05) is 19.5 Å². The first-order chi connectivity index (χ1) is 13.8. The van der Waals surface area contributed by atoms with Gasteiger partial charge in [-0.15, -0.1) is 0 Å². The van der Waals surface area contributed by atoms with Crippen molar-refractivity contribution in [1.29, 1.82) is 0 Å². The maximum Gasteiger partial charge on any atom is 0.319 e. The van der Waals surface area contributed by atoms with E-state index in [0.29, 0.717) is 39.0 Å². The molecule has 29 heavy (non-hydrogen) atoms. The zero-order chi connectivity index (χ0) is 21.1. The maximum atomic E-state index is 13.2. The Kier molecular flexibility index (Phi) is 5.98. The summed E-state index contributed by atoms with van der Waals surface area (Å²) >= 11 is 6.06. The molecule has 0 unspecified atom stereocenters. The van der Waals surface area contributed by atoms with Gasteiger partial charge in [-0.3, -0.25) is 4.79 Å². The monoisotopic (exact) mass is 415 g/mol. The summed E-state index contributed by atoms with van der Waals surface area (Å²) in [6.07, 6.45) is 0. The summed E-state index contributed by atoms with van der Waals surface area (Å²) in [7, 11) is 3.07. The number of nitrogens with one attached hydrogen (secondary N) is 3. The van der Waals surface area contributed by atoms with Gasteiger partial charge in [-0.2, -0.15) is 0 Å². The molecule has 2 aromatic carbocycles. The van der Waals surface area contributed by atoms with E-state index in [0.717, 1.165) is 5.56 Å². The average Bonchev–Trinajstić information content (AvgIpc) is 2.69. The number of aryl methyl sites for hydroxylation is 1. The van der Waals surface area contributed by atoms with Crippen molar-refractivity contribution in [2.24, 2.45) is 0 Å². The van der Waals surface area contributed by atoms with Crippen LogP contribution in [-0.2, 0) is 4.79 Å². The smallest absolute Gasteiger partial charge is 0.319 e. The lowest BCUT2D eigenvalue weighted by Gasteiger charge is -2.29. The molecule has 0 aromatic heterocycles. The third kappa shape index (κ3) is 4.30. The number of ether oxygens (including phenoxy) is 2. The Balaban J connectivity index is 2.00. The number of carbonyl (C=O) groups excluding carboxylic acids is 2. The van der Waals surface area contributed by atoms with Crippen LogP contribution in [0.2, 0.25) is 5.02 Å². The first kappa shape index (κ1) is 20.5.